The molecule has 25 heavy (non-hydrogen) atoms. The van der Waals surface area contributed by atoms with Gasteiger partial charge >= 0.3 is 0 Å². The van der Waals surface area contributed by atoms with Crippen LogP contribution in [-0.4, -0.2) is 16.1 Å². The summed E-state index contributed by atoms with van der Waals surface area (Å²) in [5, 5.41) is 8.50. The normalized spacial score (nSPS) is 12.1. The molecule has 1 aromatic heterocycles. The summed E-state index contributed by atoms with van der Waals surface area (Å²) in [7, 11) is 0. The highest BCUT2D eigenvalue weighted by Crippen LogP contribution is 2.25. The number of hydrogen-bond donors (Lipinski definition) is 2. The maximum atomic E-state index is 5.46. The topological polar surface area (TPSA) is 37.0 Å². The van der Waals surface area contributed by atoms with Gasteiger partial charge in [-0.05, 0) is 62.2 Å². The molecule has 0 amide bonds. The zero-order valence-corrected chi connectivity index (χ0v) is 16.2. The molecule has 0 fully saturated rings. The van der Waals surface area contributed by atoms with Crippen LogP contribution in [0.3, 0.4) is 0 Å². The van der Waals surface area contributed by atoms with E-state index in [9.17, 15) is 0 Å². The van der Waals surface area contributed by atoms with Crippen molar-refractivity contribution in [3.63, 3.8) is 0 Å². The first-order chi connectivity index (χ1) is 12.1. The minimum absolute atomic E-state index is 0.319. The summed E-state index contributed by atoms with van der Waals surface area (Å²) in [6.45, 7) is 4.30. The summed E-state index contributed by atoms with van der Waals surface area (Å²) in [5.74, 6) is 0. The highest BCUT2D eigenvalue weighted by atomic mass is 32.1. The Bertz CT molecular complexity index is 843. The summed E-state index contributed by atoms with van der Waals surface area (Å²) >= 11 is 7.20. The number of fused-ring (bicyclic) bond motifs is 1. The van der Waals surface area contributed by atoms with Gasteiger partial charge in [-0.1, -0.05) is 37.3 Å². The Labute approximate surface area is 158 Å². The van der Waals surface area contributed by atoms with E-state index in [2.05, 4.69) is 65.9 Å². The third-order valence-electron chi connectivity index (χ3n) is 4.08. The van der Waals surface area contributed by atoms with E-state index in [1.165, 1.54) is 15.3 Å². The first-order valence-electron chi connectivity index (χ1n) is 8.65. The zero-order valence-electron chi connectivity index (χ0n) is 14.6. The second kappa shape index (κ2) is 8.41. The van der Waals surface area contributed by atoms with Crippen molar-refractivity contribution < 1.29 is 0 Å². The van der Waals surface area contributed by atoms with Crippen molar-refractivity contribution >= 4 is 44.6 Å². The van der Waals surface area contributed by atoms with E-state index < -0.39 is 0 Å². The molecule has 3 nitrogen and oxygen atoms in total. The van der Waals surface area contributed by atoms with E-state index >= 15 is 0 Å². The number of nitrogens with zero attached hydrogens (tertiary/aromatic N) is 1. The predicted molar refractivity (Wildman–Crippen MR) is 113 cm³/mol. The molecule has 2 N–H and O–H groups in total. The molecule has 0 saturated heterocycles. The van der Waals surface area contributed by atoms with Crippen molar-refractivity contribution in [2.45, 2.75) is 39.2 Å². The molecule has 5 heteroatoms. The predicted octanol–water partition coefficient (Wildman–Crippen LogP) is 5.17. The molecule has 0 aliphatic rings. The SMILES string of the molecule is CCc1nc2ccc(NC(=S)NC(C)CCc3ccccc3)cc2s1. The maximum Gasteiger partial charge on any atom is 0.170 e. The van der Waals surface area contributed by atoms with Gasteiger partial charge in [0.15, 0.2) is 5.11 Å². The Kier molecular flexibility index (Phi) is 6.00. The second-order valence-corrected chi connectivity index (χ2v) is 7.69. The van der Waals surface area contributed by atoms with Crippen molar-refractivity contribution in [2.75, 3.05) is 5.32 Å². The number of aromatic nitrogens is 1. The number of aryl methyl sites for hydroxylation is 2. The Balaban J connectivity index is 1.53. The molecule has 1 unspecified atom stereocenters. The van der Waals surface area contributed by atoms with Gasteiger partial charge in [-0.25, -0.2) is 4.98 Å². The lowest BCUT2D eigenvalue weighted by Gasteiger charge is -2.17. The minimum Gasteiger partial charge on any atom is -0.360 e. The molecule has 0 aliphatic heterocycles. The van der Waals surface area contributed by atoms with Crippen molar-refractivity contribution in [3.8, 4) is 0 Å². The molecule has 0 aliphatic carbocycles. The van der Waals surface area contributed by atoms with Gasteiger partial charge in [0.2, 0.25) is 0 Å². The third-order valence-corrected chi connectivity index (χ3v) is 5.46. The quantitative estimate of drug-likeness (QED) is 0.588. The average molecular weight is 370 g/mol. The van der Waals surface area contributed by atoms with Crippen LogP contribution in [0.2, 0.25) is 0 Å². The van der Waals surface area contributed by atoms with Gasteiger partial charge in [0.25, 0.3) is 0 Å². The average Bonchev–Trinajstić information content (AvgIpc) is 3.03. The molecule has 0 bridgehead atoms. The molecule has 1 heterocycles. The molecule has 0 radical (unpaired) electrons. The fourth-order valence-corrected chi connectivity index (χ4v) is 3.96. The van der Waals surface area contributed by atoms with Gasteiger partial charge < -0.3 is 10.6 Å². The first kappa shape index (κ1) is 17.8. The number of thiocarbonyl (C=S) groups is 1. The van der Waals surface area contributed by atoms with Crippen LogP contribution in [0.1, 0.15) is 30.8 Å². The van der Waals surface area contributed by atoms with E-state index in [0.29, 0.717) is 11.2 Å². The van der Waals surface area contributed by atoms with Gasteiger partial charge in [-0.15, -0.1) is 11.3 Å². The highest BCUT2D eigenvalue weighted by molar-refractivity contribution is 7.80. The summed E-state index contributed by atoms with van der Waals surface area (Å²) < 4.78 is 1.20. The summed E-state index contributed by atoms with van der Waals surface area (Å²) in [6.07, 6.45) is 3.06. The van der Waals surface area contributed by atoms with Gasteiger partial charge in [-0.3, -0.25) is 0 Å². The lowest BCUT2D eigenvalue weighted by Crippen LogP contribution is -2.36. The first-order valence-corrected chi connectivity index (χ1v) is 9.87. The number of hydrogen-bond acceptors (Lipinski definition) is 3. The van der Waals surface area contributed by atoms with Crippen LogP contribution in [0.15, 0.2) is 48.5 Å². The van der Waals surface area contributed by atoms with Gasteiger partial charge in [0, 0.05) is 11.7 Å². The van der Waals surface area contributed by atoms with E-state index in [1.807, 2.05) is 12.1 Å². The van der Waals surface area contributed by atoms with Crippen molar-refractivity contribution in [2.24, 2.45) is 0 Å². The largest absolute Gasteiger partial charge is 0.360 e. The van der Waals surface area contributed by atoms with Gasteiger partial charge in [-0.2, -0.15) is 0 Å². The lowest BCUT2D eigenvalue weighted by atomic mass is 10.1. The number of thiazole rings is 1. The molecule has 0 saturated carbocycles. The zero-order chi connectivity index (χ0) is 17.6. The van der Waals surface area contributed by atoms with Crippen LogP contribution in [0, 0.1) is 0 Å². The van der Waals surface area contributed by atoms with Crippen molar-refractivity contribution in [3.05, 3.63) is 59.1 Å². The summed E-state index contributed by atoms with van der Waals surface area (Å²) in [5.41, 5.74) is 3.42. The fraction of sp³-hybridized carbons (Fsp3) is 0.300. The van der Waals surface area contributed by atoms with Crippen LogP contribution in [0.25, 0.3) is 10.2 Å². The van der Waals surface area contributed by atoms with Crippen LogP contribution in [0.5, 0.6) is 0 Å². The maximum absolute atomic E-state index is 5.46. The number of anilines is 1. The number of benzene rings is 2. The van der Waals surface area contributed by atoms with E-state index in [-0.39, 0.29) is 0 Å². The number of rotatable bonds is 6. The summed E-state index contributed by atoms with van der Waals surface area (Å²) in [4.78, 5) is 4.60. The van der Waals surface area contributed by atoms with E-state index in [1.54, 1.807) is 11.3 Å². The minimum atomic E-state index is 0.319. The molecule has 1 atom stereocenters. The standard InChI is InChI=1S/C20H23N3S2/c1-3-19-23-17-12-11-16(13-18(17)25-19)22-20(24)21-14(2)9-10-15-7-5-4-6-8-15/h4-8,11-14H,3,9-10H2,1-2H3,(H2,21,22,24). The second-order valence-electron chi connectivity index (χ2n) is 6.17. The Morgan fingerprint density at radius 1 is 1.20 bits per heavy atom. The Hall–Kier alpha value is -1.98. The van der Waals surface area contributed by atoms with Crippen molar-refractivity contribution in [1.29, 1.82) is 0 Å². The van der Waals surface area contributed by atoms with Gasteiger partial charge in [0.05, 0.1) is 15.2 Å². The molecular weight excluding hydrogens is 346 g/mol. The van der Waals surface area contributed by atoms with Crippen LogP contribution in [0.4, 0.5) is 5.69 Å². The van der Waals surface area contributed by atoms with E-state index in [0.717, 1.165) is 30.5 Å². The van der Waals surface area contributed by atoms with E-state index in [4.69, 9.17) is 12.2 Å². The molecule has 3 rings (SSSR count). The highest BCUT2D eigenvalue weighted by Gasteiger charge is 2.07. The fourth-order valence-electron chi connectivity index (χ4n) is 2.69. The molecule has 0 spiro atoms. The van der Waals surface area contributed by atoms with Crippen LogP contribution >= 0.6 is 23.6 Å². The monoisotopic (exact) mass is 369 g/mol. The van der Waals surface area contributed by atoms with Crippen molar-refractivity contribution in [1.82, 2.24) is 10.3 Å². The molecule has 3 aromatic rings. The summed E-state index contributed by atoms with van der Waals surface area (Å²) in [6, 6.07) is 17.1. The Morgan fingerprint density at radius 2 is 2.00 bits per heavy atom. The Morgan fingerprint density at radius 3 is 2.76 bits per heavy atom. The van der Waals surface area contributed by atoms with Crippen LogP contribution < -0.4 is 10.6 Å². The smallest absolute Gasteiger partial charge is 0.170 e. The molecular formula is C20H23N3S2. The van der Waals surface area contributed by atoms with Crippen LogP contribution in [-0.2, 0) is 12.8 Å². The van der Waals surface area contributed by atoms with Gasteiger partial charge in [0.1, 0.15) is 0 Å². The molecule has 2 aromatic carbocycles. The third kappa shape index (κ3) is 5.00. The number of nitrogens with one attached hydrogen (secondary N) is 2. The lowest BCUT2D eigenvalue weighted by molar-refractivity contribution is 0.609. The molecule has 130 valence electrons.